The van der Waals surface area contributed by atoms with Crippen molar-refractivity contribution in [3.8, 4) is 5.75 Å². The third-order valence-corrected chi connectivity index (χ3v) is 4.58. The van der Waals surface area contributed by atoms with Gasteiger partial charge < -0.3 is 10.5 Å². The Morgan fingerprint density at radius 1 is 1.15 bits per heavy atom. The summed E-state index contributed by atoms with van der Waals surface area (Å²) in [6.07, 6.45) is 0.739. The van der Waals surface area contributed by atoms with E-state index in [2.05, 4.69) is 31.9 Å². The summed E-state index contributed by atoms with van der Waals surface area (Å²) >= 11 is 12.9. The summed E-state index contributed by atoms with van der Waals surface area (Å²) in [5, 5.41) is 0.694. The van der Waals surface area contributed by atoms with Crippen LogP contribution in [-0.2, 0) is 6.42 Å². The van der Waals surface area contributed by atoms with Gasteiger partial charge >= 0.3 is 0 Å². The van der Waals surface area contributed by atoms with Crippen molar-refractivity contribution in [3.05, 3.63) is 61.5 Å². The van der Waals surface area contributed by atoms with Crippen molar-refractivity contribution in [1.82, 2.24) is 0 Å². The van der Waals surface area contributed by atoms with E-state index in [0.29, 0.717) is 5.02 Å². The monoisotopic (exact) mass is 417 g/mol. The summed E-state index contributed by atoms with van der Waals surface area (Å²) < 4.78 is 7.09. The third-order valence-electron chi connectivity index (χ3n) is 3.03. The highest BCUT2D eigenvalue weighted by atomic mass is 79.9. The molecule has 2 rings (SSSR count). The highest BCUT2D eigenvalue weighted by Crippen LogP contribution is 2.30. The van der Waals surface area contributed by atoms with Gasteiger partial charge in [-0.15, -0.1) is 0 Å². The molecule has 20 heavy (non-hydrogen) atoms. The molecule has 0 saturated heterocycles. The molecule has 0 saturated carbocycles. The number of hydrogen-bond donors (Lipinski definition) is 1. The van der Waals surface area contributed by atoms with Crippen molar-refractivity contribution in [2.24, 2.45) is 5.73 Å². The van der Waals surface area contributed by atoms with Crippen LogP contribution in [0.2, 0.25) is 5.02 Å². The summed E-state index contributed by atoms with van der Waals surface area (Å²) in [7, 11) is 1.65. The van der Waals surface area contributed by atoms with Gasteiger partial charge in [0, 0.05) is 15.5 Å². The van der Waals surface area contributed by atoms with E-state index in [1.54, 1.807) is 7.11 Å². The molecule has 1 unspecified atom stereocenters. The summed E-state index contributed by atoms with van der Waals surface area (Å²) in [6, 6.07) is 11.6. The van der Waals surface area contributed by atoms with Crippen molar-refractivity contribution < 1.29 is 4.74 Å². The molecule has 0 aliphatic heterocycles. The van der Waals surface area contributed by atoms with Crippen molar-refractivity contribution in [3.63, 3.8) is 0 Å². The van der Waals surface area contributed by atoms with Gasteiger partial charge in [0.1, 0.15) is 5.75 Å². The van der Waals surface area contributed by atoms with Crippen LogP contribution in [0.25, 0.3) is 0 Å². The first-order chi connectivity index (χ1) is 9.51. The third kappa shape index (κ3) is 3.76. The molecule has 0 aliphatic rings. The maximum atomic E-state index is 6.28. The normalized spacial score (nSPS) is 12.2. The van der Waals surface area contributed by atoms with Gasteiger partial charge in [0.25, 0.3) is 0 Å². The van der Waals surface area contributed by atoms with Gasteiger partial charge in [-0.25, -0.2) is 0 Å². The second-order valence-corrected chi connectivity index (χ2v) is 6.59. The Balaban J connectivity index is 2.18. The van der Waals surface area contributed by atoms with E-state index in [0.717, 1.165) is 32.2 Å². The van der Waals surface area contributed by atoms with Crippen molar-refractivity contribution in [1.29, 1.82) is 0 Å². The predicted octanol–water partition coefficient (Wildman–Crippen LogP) is 5.12. The van der Waals surface area contributed by atoms with Crippen molar-refractivity contribution in [2.75, 3.05) is 7.11 Å². The van der Waals surface area contributed by atoms with Gasteiger partial charge in [-0.3, -0.25) is 0 Å². The topological polar surface area (TPSA) is 35.2 Å². The van der Waals surface area contributed by atoms with E-state index in [-0.39, 0.29) is 6.04 Å². The molecular weight excluding hydrogens is 405 g/mol. The molecule has 2 aromatic carbocycles. The average molecular weight is 420 g/mol. The van der Waals surface area contributed by atoms with Gasteiger partial charge in [0.15, 0.2) is 0 Å². The van der Waals surface area contributed by atoms with Gasteiger partial charge in [0.05, 0.1) is 11.6 Å². The van der Waals surface area contributed by atoms with E-state index in [1.165, 1.54) is 0 Å². The highest BCUT2D eigenvalue weighted by molar-refractivity contribution is 9.10. The molecule has 0 spiro atoms. The maximum absolute atomic E-state index is 6.28. The lowest BCUT2D eigenvalue weighted by Gasteiger charge is -2.15. The minimum absolute atomic E-state index is 0.0954. The fourth-order valence-corrected chi connectivity index (χ4v) is 3.57. The molecule has 2 nitrogen and oxygen atoms in total. The molecule has 1 atom stereocenters. The molecular formula is C15H14Br2ClNO. The zero-order valence-electron chi connectivity index (χ0n) is 10.9. The lowest BCUT2D eigenvalue weighted by molar-refractivity contribution is 0.412. The minimum Gasteiger partial charge on any atom is -0.496 e. The molecule has 0 bridgehead atoms. The second-order valence-electron chi connectivity index (χ2n) is 4.45. The molecule has 0 fully saturated rings. The highest BCUT2D eigenvalue weighted by Gasteiger charge is 2.12. The Morgan fingerprint density at radius 2 is 1.90 bits per heavy atom. The summed E-state index contributed by atoms with van der Waals surface area (Å²) in [4.78, 5) is 0. The van der Waals surface area contributed by atoms with Gasteiger partial charge in [0.2, 0.25) is 0 Å². The smallest absolute Gasteiger partial charge is 0.133 e. The Hall–Kier alpha value is -0.550. The first-order valence-electron chi connectivity index (χ1n) is 6.04. The molecule has 2 aromatic rings. The van der Waals surface area contributed by atoms with E-state index in [9.17, 15) is 0 Å². The molecule has 5 heteroatoms. The van der Waals surface area contributed by atoms with Gasteiger partial charge in [-0.2, -0.15) is 0 Å². The second kappa shape index (κ2) is 6.94. The fraction of sp³-hybridized carbons (Fsp3) is 0.200. The largest absolute Gasteiger partial charge is 0.496 e. The van der Waals surface area contributed by atoms with Crippen LogP contribution in [-0.4, -0.2) is 7.11 Å². The van der Waals surface area contributed by atoms with Crippen LogP contribution >= 0.6 is 43.5 Å². The van der Waals surface area contributed by atoms with Crippen LogP contribution in [0.3, 0.4) is 0 Å². The van der Waals surface area contributed by atoms with Crippen LogP contribution in [0.15, 0.2) is 45.3 Å². The number of hydrogen-bond acceptors (Lipinski definition) is 2. The van der Waals surface area contributed by atoms with E-state index >= 15 is 0 Å². The number of halogens is 3. The standard InChI is InChI=1S/C15H14Br2ClNO/c1-20-15-5-2-9(6-13(15)17)7-14(19)11-4-3-10(18)8-12(11)16/h2-6,8,14H,7,19H2,1H3. The number of rotatable bonds is 4. The fourth-order valence-electron chi connectivity index (χ4n) is 2.00. The molecule has 0 radical (unpaired) electrons. The van der Waals surface area contributed by atoms with Crippen molar-refractivity contribution >= 4 is 43.5 Å². The lowest BCUT2D eigenvalue weighted by Crippen LogP contribution is -2.14. The first-order valence-corrected chi connectivity index (χ1v) is 8.00. The quantitative estimate of drug-likeness (QED) is 0.747. The molecule has 0 aromatic heterocycles. The predicted molar refractivity (Wildman–Crippen MR) is 90.5 cm³/mol. The van der Waals surface area contributed by atoms with Gasteiger partial charge in [-0.05, 0) is 57.7 Å². The van der Waals surface area contributed by atoms with Crippen LogP contribution in [0.5, 0.6) is 5.75 Å². The zero-order valence-corrected chi connectivity index (χ0v) is 14.8. The Kier molecular flexibility index (Phi) is 5.49. The van der Waals surface area contributed by atoms with E-state index in [4.69, 9.17) is 22.1 Å². The SMILES string of the molecule is COc1ccc(CC(N)c2ccc(Cl)cc2Br)cc1Br. The summed E-state index contributed by atoms with van der Waals surface area (Å²) in [6.45, 7) is 0. The van der Waals surface area contributed by atoms with Crippen LogP contribution in [0.1, 0.15) is 17.2 Å². The Labute approximate surface area is 140 Å². The van der Waals surface area contributed by atoms with Gasteiger partial charge in [-0.1, -0.05) is 39.7 Å². The lowest BCUT2D eigenvalue weighted by atomic mass is 10.00. The molecule has 0 amide bonds. The summed E-state index contributed by atoms with van der Waals surface area (Å²) in [5.41, 5.74) is 8.47. The maximum Gasteiger partial charge on any atom is 0.133 e. The number of ether oxygens (including phenoxy) is 1. The number of nitrogens with two attached hydrogens (primary N) is 1. The van der Waals surface area contributed by atoms with Crippen LogP contribution in [0.4, 0.5) is 0 Å². The van der Waals surface area contributed by atoms with Crippen LogP contribution < -0.4 is 10.5 Å². The first kappa shape index (κ1) is 15.8. The van der Waals surface area contributed by atoms with Crippen LogP contribution in [0, 0.1) is 0 Å². The Morgan fingerprint density at radius 3 is 2.50 bits per heavy atom. The molecule has 2 N–H and O–H groups in total. The molecule has 106 valence electrons. The molecule has 0 heterocycles. The summed E-state index contributed by atoms with van der Waals surface area (Å²) in [5.74, 6) is 0.815. The minimum atomic E-state index is -0.0954. The molecule has 0 aliphatic carbocycles. The van der Waals surface area contributed by atoms with E-state index < -0.39 is 0 Å². The number of benzene rings is 2. The van der Waals surface area contributed by atoms with E-state index in [1.807, 2.05) is 36.4 Å². The average Bonchev–Trinajstić information content (AvgIpc) is 2.38. The number of methoxy groups -OCH3 is 1. The van der Waals surface area contributed by atoms with Crippen molar-refractivity contribution in [2.45, 2.75) is 12.5 Å². The zero-order chi connectivity index (χ0) is 14.7. The Bertz CT molecular complexity index is 619.